The first-order valence-corrected chi connectivity index (χ1v) is 9.43. The smallest absolute Gasteiger partial charge is 0.236 e. The third-order valence-electron chi connectivity index (χ3n) is 5.06. The van der Waals surface area contributed by atoms with Crippen LogP contribution in [0.3, 0.4) is 0 Å². The van der Waals surface area contributed by atoms with Gasteiger partial charge < -0.3 is 14.9 Å². The van der Waals surface area contributed by atoms with E-state index in [2.05, 4.69) is 16.8 Å². The number of likely N-dealkylation sites (tertiary alicyclic amines) is 1. The molecular formula is C17H27N3O2S. The molecule has 0 aromatic carbocycles. The van der Waals surface area contributed by atoms with Gasteiger partial charge in [-0.15, -0.1) is 11.3 Å². The molecule has 1 aromatic heterocycles. The van der Waals surface area contributed by atoms with Gasteiger partial charge in [-0.05, 0) is 44.3 Å². The average molecular weight is 337 g/mol. The monoisotopic (exact) mass is 337 g/mol. The van der Waals surface area contributed by atoms with Crippen LogP contribution >= 0.6 is 11.3 Å². The molecule has 1 N–H and O–H groups in total. The fourth-order valence-corrected chi connectivity index (χ4v) is 4.28. The fraction of sp³-hybridized carbons (Fsp3) is 0.706. The van der Waals surface area contributed by atoms with Gasteiger partial charge in [0.1, 0.15) is 0 Å². The first-order valence-electron chi connectivity index (χ1n) is 8.55. The Morgan fingerprint density at radius 2 is 2.13 bits per heavy atom. The van der Waals surface area contributed by atoms with E-state index in [1.54, 1.807) is 11.3 Å². The SMILES string of the molecule is CN1CCN(C(=O)CN2CCCC2CC(O)c2cccs2)CC1. The number of nitrogens with zero attached hydrogens (tertiary/aromatic N) is 3. The quantitative estimate of drug-likeness (QED) is 0.882. The molecule has 2 unspecified atom stereocenters. The van der Waals surface area contributed by atoms with Crippen molar-refractivity contribution in [2.75, 3.05) is 46.3 Å². The Morgan fingerprint density at radius 1 is 1.35 bits per heavy atom. The van der Waals surface area contributed by atoms with Gasteiger partial charge >= 0.3 is 0 Å². The van der Waals surface area contributed by atoms with E-state index in [9.17, 15) is 9.90 Å². The molecule has 3 heterocycles. The van der Waals surface area contributed by atoms with Crippen LogP contribution in [0.5, 0.6) is 0 Å². The Balaban J connectivity index is 1.51. The van der Waals surface area contributed by atoms with Crippen LogP contribution in [-0.2, 0) is 4.79 Å². The molecule has 0 spiro atoms. The summed E-state index contributed by atoms with van der Waals surface area (Å²) in [5, 5.41) is 12.4. The van der Waals surface area contributed by atoms with E-state index < -0.39 is 6.10 Å². The van der Waals surface area contributed by atoms with Crippen molar-refractivity contribution in [2.45, 2.75) is 31.4 Å². The normalized spacial score (nSPS) is 25.0. The first kappa shape index (κ1) is 16.9. The predicted octanol–water partition coefficient (Wildman–Crippen LogP) is 1.41. The molecule has 5 nitrogen and oxygen atoms in total. The molecule has 2 aliphatic rings. The molecule has 2 atom stereocenters. The average Bonchev–Trinajstić information content (AvgIpc) is 3.20. The summed E-state index contributed by atoms with van der Waals surface area (Å²) in [7, 11) is 2.10. The van der Waals surface area contributed by atoms with Crippen molar-refractivity contribution in [3.8, 4) is 0 Å². The lowest BCUT2D eigenvalue weighted by Crippen LogP contribution is -2.50. The van der Waals surface area contributed by atoms with Crippen LogP contribution in [0.15, 0.2) is 17.5 Å². The van der Waals surface area contributed by atoms with Crippen molar-refractivity contribution >= 4 is 17.2 Å². The van der Waals surface area contributed by atoms with Crippen LogP contribution in [0.1, 0.15) is 30.2 Å². The van der Waals surface area contributed by atoms with Crippen LogP contribution in [0.4, 0.5) is 0 Å². The molecule has 2 aliphatic heterocycles. The van der Waals surface area contributed by atoms with Crippen LogP contribution in [0.25, 0.3) is 0 Å². The highest BCUT2D eigenvalue weighted by molar-refractivity contribution is 7.10. The number of amides is 1. The van der Waals surface area contributed by atoms with Gasteiger partial charge in [0, 0.05) is 37.1 Å². The minimum absolute atomic E-state index is 0.246. The first-order chi connectivity index (χ1) is 11.1. The number of aliphatic hydroxyl groups is 1. The zero-order chi connectivity index (χ0) is 16.2. The zero-order valence-corrected chi connectivity index (χ0v) is 14.7. The highest BCUT2D eigenvalue weighted by Crippen LogP contribution is 2.29. The summed E-state index contributed by atoms with van der Waals surface area (Å²) in [6.45, 7) is 5.09. The number of piperazine rings is 1. The van der Waals surface area contributed by atoms with Crippen molar-refractivity contribution in [3.05, 3.63) is 22.4 Å². The minimum Gasteiger partial charge on any atom is -0.388 e. The molecule has 1 amide bonds. The minimum atomic E-state index is -0.403. The lowest BCUT2D eigenvalue weighted by atomic mass is 10.1. The second-order valence-electron chi connectivity index (χ2n) is 6.72. The maximum absolute atomic E-state index is 12.5. The molecular weight excluding hydrogens is 310 g/mol. The molecule has 128 valence electrons. The summed E-state index contributed by atoms with van der Waals surface area (Å²) in [4.78, 5) is 20.1. The Morgan fingerprint density at radius 3 is 2.83 bits per heavy atom. The molecule has 23 heavy (non-hydrogen) atoms. The highest BCUT2D eigenvalue weighted by atomic mass is 32.1. The Hall–Kier alpha value is -0.950. The van der Waals surface area contributed by atoms with E-state index in [4.69, 9.17) is 0 Å². The lowest BCUT2D eigenvalue weighted by molar-refractivity contribution is -0.134. The zero-order valence-electron chi connectivity index (χ0n) is 13.9. The molecule has 3 rings (SSSR count). The van der Waals surface area contributed by atoms with E-state index in [-0.39, 0.29) is 5.91 Å². The van der Waals surface area contributed by atoms with Gasteiger partial charge in [0.05, 0.1) is 12.6 Å². The summed E-state index contributed by atoms with van der Waals surface area (Å²) in [6.07, 6.45) is 2.53. The predicted molar refractivity (Wildman–Crippen MR) is 92.6 cm³/mol. The third-order valence-corrected chi connectivity index (χ3v) is 6.03. The summed E-state index contributed by atoms with van der Waals surface area (Å²) in [6, 6.07) is 4.29. The summed E-state index contributed by atoms with van der Waals surface area (Å²) in [5.41, 5.74) is 0. The number of carbonyl (C=O) groups excluding carboxylic acids is 1. The van der Waals surface area contributed by atoms with Gasteiger partial charge in [0.2, 0.25) is 5.91 Å². The van der Waals surface area contributed by atoms with Crippen molar-refractivity contribution in [2.24, 2.45) is 0 Å². The number of hydrogen-bond donors (Lipinski definition) is 1. The second-order valence-corrected chi connectivity index (χ2v) is 7.70. The molecule has 2 fully saturated rings. The van der Waals surface area contributed by atoms with Gasteiger partial charge in [-0.3, -0.25) is 9.69 Å². The fourth-order valence-electron chi connectivity index (χ4n) is 3.55. The van der Waals surface area contributed by atoms with Gasteiger partial charge in [0.15, 0.2) is 0 Å². The molecule has 1 aromatic rings. The van der Waals surface area contributed by atoms with Crippen molar-refractivity contribution < 1.29 is 9.90 Å². The molecule has 0 saturated carbocycles. The van der Waals surface area contributed by atoms with Gasteiger partial charge in [0.25, 0.3) is 0 Å². The summed E-state index contributed by atoms with van der Waals surface area (Å²) >= 11 is 1.60. The molecule has 0 radical (unpaired) electrons. The Kier molecular flexibility index (Phi) is 5.69. The number of aliphatic hydroxyl groups excluding tert-OH is 1. The Labute approximate surface area is 142 Å². The molecule has 6 heteroatoms. The number of carbonyl (C=O) groups is 1. The number of hydrogen-bond acceptors (Lipinski definition) is 5. The lowest BCUT2D eigenvalue weighted by Gasteiger charge is -2.34. The topological polar surface area (TPSA) is 47.0 Å². The van der Waals surface area contributed by atoms with E-state index in [0.29, 0.717) is 12.6 Å². The van der Waals surface area contributed by atoms with E-state index >= 15 is 0 Å². The maximum atomic E-state index is 12.5. The Bertz CT molecular complexity index is 500. The van der Waals surface area contributed by atoms with Crippen LogP contribution in [0, 0.1) is 0 Å². The maximum Gasteiger partial charge on any atom is 0.236 e. The van der Waals surface area contributed by atoms with E-state index in [0.717, 1.165) is 56.9 Å². The number of rotatable bonds is 5. The molecule has 0 bridgehead atoms. The van der Waals surface area contributed by atoms with Gasteiger partial charge in [-0.25, -0.2) is 0 Å². The van der Waals surface area contributed by atoms with Crippen molar-refractivity contribution in [1.82, 2.24) is 14.7 Å². The van der Waals surface area contributed by atoms with Crippen molar-refractivity contribution in [3.63, 3.8) is 0 Å². The van der Waals surface area contributed by atoms with E-state index in [1.165, 1.54) is 0 Å². The summed E-state index contributed by atoms with van der Waals surface area (Å²) < 4.78 is 0. The van der Waals surface area contributed by atoms with Gasteiger partial charge in [-0.1, -0.05) is 6.07 Å². The standard InChI is InChI=1S/C17H27N3O2S/c1-18-7-9-19(10-8-18)17(22)13-20-6-2-4-14(20)12-15(21)16-5-3-11-23-16/h3,5,11,14-15,21H,2,4,6-10,12-13H2,1H3. The molecule has 2 saturated heterocycles. The highest BCUT2D eigenvalue weighted by Gasteiger charge is 2.30. The van der Waals surface area contributed by atoms with Gasteiger partial charge in [-0.2, -0.15) is 0 Å². The molecule has 0 aliphatic carbocycles. The number of thiophene rings is 1. The van der Waals surface area contributed by atoms with Crippen molar-refractivity contribution in [1.29, 1.82) is 0 Å². The van der Waals surface area contributed by atoms with E-state index in [1.807, 2.05) is 22.4 Å². The largest absolute Gasteiger partial charge is 0.388 e. The summed E-state index contributed by atoms with van der Waals surface area (Å²) in [5.74, 6) is 0.246. The van der Waals surface area contributed by atoms with Crippen LogP contribution < -0.4 is 0 Å². The number of likely N-dealkylation sites (N-methyl/N-ethyl adjacent to an activating group) is 1. The van der Waals surface area contributed by atoms with Crippen LogP contribution in [0.2, 0.25) is 0 Å². The second kappa shape index (κ2) is 7.75. The van der Waals surface area contributed by atoms with Crippen LogP contribution in [-0.4, -0.2) is 78.1 Å². The third kappa shape index (κ3) is 4.32.